The van der Waals surface area contributed by atoms with E-state index in [1.54, 1.807) is 17.5 Å². The highest BCUT2D eigenvalue weighted by molar-refractivity contribution is 7.09. The van der Waals surface area contributed by atoms with Crippen LogP contribution in [0.25, 0.3) is 0 Å². The molecule has 0 radical (unpaired) electrons. The van der Waals surface area contributed by atoms with Gasteiger partial charge < -0.3 is 5.32 Å². The normalized spacial score (nSPS) is 10.6. The summed E-state index contributed by atoms with van der Waals surface area (Å²) in [6, 6.07) is 1.92. The van der Waals surface area contributed by atoms with Crippen LogP contribution in [0.4, 0.5) is 0 Å². The molecule has 84 valence electrons. The number of rotatable bonds is 4. The Morgan fingerprint density at radius 2 is 2.25 bits per heavy atom. The van der Waals surface area contributed by atoms with E-state index >= 15 is 0 Å². The van der Waals surface area contributed by atoms with E-state index in [-0.39, 0.29) is 0 Å². The van der Waals surface area contributed by atoms with Gasteiger partial charge in [-0.1, -0.05) is 0 Å². The molecule has 4 nitrogen and oxygen atoms in total. The van der Waals surface area contributed by atoms with Gasteiger partial charge in [0, 0.05) is 23.8 Å². The zero-order valence-corrected chi connectivity index (χ0v) is 10.2. The van der Waals surface area contributed by atoms with E-state index in [0.29, 0.717) is 0 Å². The minimum Gasteiger partial charge on any atom is -0.314 e. The molecule has 2 rings (SSSR count). The first-order valence-electron chi connectivity index (χ1n) is 5.14. The highest BCUT2D eigenvalue weighted by atomic mass is 32.1. The Morgan fingerprint density at radius 1 is 1.38 bits per heavy atom. The van der Waals surface area contributed by atoms with Gasteiger partial charge in [0.05, 0.1) is 12.1 Å². The molecule has 0 spiro atoms. The Morgan fingerprint density at radius 3 is 2.94 bits per heavy atom. The average molecular weight is 234 g/mol. The van der Waals surface area contributed by atoms with Gasteiger partial charge >= 0.3 is 0 Å². The van der Waals surface area contributed by atoms with Gasteiger partial charge in [-0.25, -0.2) is 15.0 Å². The molecule has 0 unspecified atom stereocenters. The van der Waals surface area contributed by atoms with Crippen molar-refractivity contribution in [2.45, 2.75) is 19.9 Å². The number of hydrogen-bond donors (Lipinski definition) is 1. The zero-order valence-electron chi connectivity index (χ0n) is 9.40. The molecule has 16 heavy (non-hydrogen) atoms. The molecule has 0 fully saturated rings. The van der Waals surface area contributed by atoms with Gasteiger partial charge in [0.1, 0.15) is 10.8 Å². The Kier molecular flexibility index (Phi) is 3.58. The molecule has 2 aromatic rings. The number of hydrogen-bond acceptors (Lipinski definition) is 5. The topological polar surface area (TPSA) is 50.7 Å². The molecule has 0 aliphatic heterocycles. The first-order chi connectivity index (χ1) is 7.78. The molecule has 0 atom stereocenters. The summed E-state index contributed by atoms with van der Waals surface area (Å²) >= 11 is 1.66. The third-order valence-corrected chi connectivity index (χ3v) is 3.06. The molecule has 2 heterocycles. The Balaban J connectivity index is 2.12. The molecule has 0 amide bonds. The second-order valence-corrected chi connectivity index (χ2v) is 4.50. The van der Waals surface area contributed by atoms with E-state index < -0.39 is 0 Å². The Labute approximate surface area is 98.8 Å². The molecular weight excluding hydrogens is 220 g/mol. The molecular formula is C11H14N4S. The minimum atomic E-state index is 0.718. The van der Waals surface area contributed by atoms with Crippen LogP contribution < -0.4 is 5.32 Å². The number of nitrogens with zero attached hydrogens (tertiary/aromatic N) is 3. The van der Waals surface area contributed by atoms with Crippen molar-refractivity contribution in [3.63, 3.8) is 0 Å². The molecule has 0 aromatic carbocycles. The predicted molar refractivity (Wildman–Crippen MR) is 64.5 cm³/mol. The van der Waals surface area contributed by atoms with Crippen molar-refractivity contribution in [1.29, 1.82) is 0 Å². The third kappa shape index (κ3) is 2.84. The van der Waals surface area contributed by atoms with Gasteiger partial charge in [0.15, 0.2) is 0 Å². The van der Waals surface area contributed by atoms with Crippen LogP contribution in [0.5, 0.6) is 0 Å². The van der Waals surface area contributed by atoms with Gasteiger partial charge in [-0.05, 0) is 20.0 Å². The van der Waals surface area contributed by atoms with Crippen LogP contribution in [0.1, 0.15) is 22.2 Å². The van der Waals surface area contributed by atoms with Crippen molar-refractivity contribution in [3.05, 3.63) is 39.9 Å². The average Bonchev–Trinajstić information content (AvgIpc) is 2.65. The molecule has 0 aliphatic carbocycles. The Bertz CT molecular complexity index is 467. The largest absolute Gasteiger partial charge is 0.314 e. The highest BCUT2D eigenvalue weighted by Crippen LogP contribution is 2.12. The van der Waals surface area contributed by atoms with Crippen molar-refractivity contribution < 1.29 is 0 Å². The second kappa shape index (κ2) is 5.14. The van der Waals surface area contributed by atoms with E-state index in [2.05, 4.69) is 20.3 Å². The smallest absolute Gasteiger partial charge is 0.135 e. The fourth-order valence-corrected chi connectivity index (χ4v) is 2.19. The van der Waals surface area contributed by atoms with Crippen LogP contribution >= 0.6 is 11.3 Å². The van der Waals surface area contributed by atoms with Crippen LogP contribution in [0.2, 0.25) is 0 Å². The molecule has 1 N–H and O–H groups in total. The fourth-order valence-electron chi connectivity index (χ4n) is 1.43. The van der Waals surface area contributed by atoms with Crippen LogP contribution in [0.3, 0.4) is 0 Å². The predicted octanol–water partition coefficient (Wildman–Crippen LogP) is 1.55. The van der Waals surface area contributed by atoms with Crippen molar-refractivity contribution in [2.24, 2.45) is 0 Å². The minimum absolute atomic E-state index is 0.718. The van der Waals surface area contributed by atoms with Crippen LogP contribution in [-0.2, 0) is 13.0 Å². The summed E-state index contributed by atoms with van der Waals surface area (Å²) in [7, 11) is 1.91. The van der Waals surface area contributed by atoms with Crippen molar-refractivity contribution in [2.75, 3.05) is 7.05 Å². The van der Waals surface area contributed by atoms with Crippen molar-refractivity contribution >= 4 is 11.3 Å². The summed E-state index contributed by atoms with van der Waals surface area (Å²) in [5, 5.41) is 6.19. The van der Waals surface area contributed by atoms with Crippen LogP contribution in [-0.4, -0.2) is 22.0 Å². The van der Waals surface area contributed by atoms with Gasteiger partial charge in [0.2, 0.25) is 0 Å². The standard InChI is InChI=1S/C11H14N4S/c1-8-7-16-11(14-8)5-10-13-4-3-9(15-10)6-12-2/h3-4,7,12H,5-6H2,1-2H3. The molecule has 0 aliphatic rings. The molecule has 0 saturated heterocycles. The summed E-state index contributed by atoms with van der Waals surface area (Å²) in [6.07, 6.45) is 2.52. The van der Waals surface area contributed by atoms with Gasteiger partial charge in [-0.3, -0.25) is 0 Å². The maximum atomic E-state index is 4.46. The van der Waals surface area contributed by atoms with Crippen molar-refractivity contribution in [3.8, 4) is 0 Å². The van der Waals surface area contributed by atoms with E-state index in [1.165, 1.54) is 0 Å². The van der Waals surface area contributed by atoms with Gasteiger partial charge in [-0.2, -0.15) is 0 Å². The fraction of sp³-hybridized carbons (Fsp3) is 0.364. The van der Waals surface area contributed by atoms with Gasteiger partial charge in [0.25, 0.3) is 0 Å². The lowest BCUT2D eigenvalue weighted by molar-refractivity contribution is 0.772. The van der Waals surface area contributed by atoms with E-state index in [1.807, 2.05) is 25.4 Å². The third-order valence-electron chi connectivity index (χ3n) is 2.10. The number of nitrogens with one attached hydrogen (secondary N) is 1. The number of aromatic nitrogens is 3. The zero-order chi connectivity index (χ0) is 11.4. The number of thiazole rings is 1. The summed E-state index contributed by atoms with van der Waals surface area (Å²) in [5.74, 6) is 0.835. The number of aryl methyl sites for hydroxylation is 1. The van der Waals surface area contributed by atoms with E-state index in [9.17, 15) is 0 Å². The quantitative estimate of drug-likeness (QED) is 0.872. The molecule has 5 heteroatoms. The van der Waals surface area contributed by atoms with E-state index in [0.717, 1.165) is 35.2 Å². The lowest BCUT2D eigenvalue weighted by Crippen LogP contribution is -2.08. The van der Waals surface area contributed by atoms with E-state index in [4.69, 9.17) is 0 Å². The highest BCUT2D eigenvalue weighted by Gasteiger charge is 2.04. The van der Waals surface area contributed by atoms with Gasteiger partial charge in [-0.15, -0.1) is 11.3 Å². The Hall–Kier alpha value is -1.33. The summed E-state index contributed by atoms with van der Waals surface area (Å²) in [6.45, 7) is 2.77. The summed E-state index contributed by atoms with van der Waals surface area (Å²) in [4.78, 5) is 13.1. The second-order valence-electron chi connectivity index (χ2n) is 3.55. The SMILES string of the molecule is CNCc1ccnc(Cc2nc(C)cs2)n1. The molecule has 2 aromatic heterocycles. The lowest BCUT2D eigenvalue weighted by atomic mass is 10.3. The summed E-state index contributed by atoms with van der Waals surface area (Å²) in [5.41, 5.74) is 2.08. The molecule has 0 saturated carbocycles. The maximum Gasteiger partial charge on any atom is 0.135 e. The van der Waals surface area contributed by atoms with Crippen LogP contribution in [0.15, 0.2) is 17.6 Å². The lowest BCUT2D eigenvalue weighted by Gasteiger charge is -2.01. The van der Waals surface area contributed by atoms with Crippen LogP contribution in [0, 0.1) is 6.92 Å². The van der Waals surface area contributed by atoms with Crippen molar-refractivity contribution in [1.82, 2.24) is 20.3 Å². The summed E-state index contributed by atoms with van der Waals surface area (Å²) < 4.78 is 0. The maximum absolute atomic E-state index is 4.46. The monoisotopic (exact) mass is 234 g/mol. The molecule has 0 bridgehead atoms. The first kappa shape index (κ1) is 11.2. The first-order valence-corrected chi connectivity index (χ1v) is 6.02.